The second-order valence-corrected chi connectivity index (χ2v) is 11.0. The lowest BCUT2D eigenvalue weighted by Crippen LogP contribution is -2.44. The minimum atomic E-state index is -4.43. The van der Waals surface area contributed by atoms with E-state index in [1.165, 1.54) is 30.5 Å². The Labute approximate surface area is 203 Å². The standard InChI is InChI=1S/C25H27FN4O4S/c1-15-12-17(14-18(26)13-15)20-8-7-19(22(28-20)30-11-9-16(2)25(30,3)4)23(31)29-35(33,34)21-6-5-10-27-24(21)32/h5-8,10,12-14,16H,9,11H2,1-4H3,(H,27,32)(H,29,31). The third-order valence-electron chi connectivity index (χ3n) is 6.70. The van der Waals surface area contributed by atoms with Crippen LogP contribution in [0.15, 0.2) is 58.4 Å². The topological polar surface area (TPSA) is 112 Å². The molecule has 3 aromatic rings. The van der Waals surface area contributed by atoms with Crippen LogP contribution in [0.2, 0.25) is 0 Å². The van der Waals surface area contributed by atoms with Crippen LogP contribution in [0, 0.1) is 18.7 Å². The summed E-state index contributed by atoms with van der Waals surface area (Å²) in [6.45, 7) is 8.56. The first kappa shape index (κ1) is 24.6. The average molecular weight is 499 g/mol. The van der Waals surface area contributed by atoms with Gasteiger partial charge in [0.25, 0.3) is 21.5 Å². The summed E-state index contributed by atoms with van der Waals surface area (Å²) in [5.41, 5.74) is 0.562. The van der Waals surface area contributed by atoms with Crippen LogP contribution in [-0.2, 0) is 10.0 Å². The second kappa shape index (κ2) is 8.92. The molecule has 3 heterocycles. The molecule has 2 N–H and O–H groups in total. The zero-order valence-corrected chi connectivity index (χ0v) is 20.7. The first-order chi connectivity index (χ1) is 16.4. The van der Waals surface area contributed by atoms with Crippen LogP contribution in [0.5, 0.6) is 0 Å². The molecule has 0 aliphatic carbocycles. The third kappa shape index (κ3) is 4.70. The molecule has 0 spiro atoms. The number of rotatable bonds is 5. The number of nitrogens with zero attached hydrogens (tertiary/aromatic N) is 2. The van der Waals surface area contributed by atoms with E-state index in [1.807, 2.05) is 23.5 Å². The average Bonchev–Trinajstić information content (AvgIpc) is 3.04. The van der Waals surface area contributed by atoms with Crippen molar-refractivity contribution in [3.63, 3.8) is 0 Å². The van der Waals surface area contributed by atoms with Crippen molar-refractivity contribution in [1.82, 2.24) is 14.7 Å². The van der Waals surface area contributed by atoms with Gasteiger partial charge in [-0.05, 0) is 81.1 Å². The number of hydrogen-bond acceptors (Lipinski definition) is 6. The monoisotopic (exact) mass is 498 g/mol. The molecule has 1 amide bonds. The van der Waals surface area contributed by atoms with E-state index in [0.29, 0.717) is 23.6 Å². The molecule has 1 aliphatic heterocycles. The fourth-order valence-electron chi connectivity index (χ4n) is 4.34. The van der Waals surface area contributed by atoms with Crippen LogP contribution in [0.3, 0.4) is 0 Å². The summed E-state index contributed by atoms with van der Waals surface area (Å²) in [5, 5.41) is 0. The number of nitrogens with one attached hydrogen (secondary N) is 2. The number of aryl methyl sites for hydroxylation is 1. The van der Waals surface area contributed by atoms with Crippen LogP contribution in [0.1, 0.15) is 43.1 Å². The van der Waals surface area contributed by atoms with Crippen molar-refractivity contribution in [2.24, 2.45) is 5.92 Å². The van der Waals surface area contributed by atoms with Gasteiger partial charge < -0.3 is 9.88 Å². The lowest BCUT2D eigenvalue weighted by atomic mass is 9.90. The lowest BCUT2D eigenvalue weighted by Gasteiger charge is -2.36. The van der Waals surface area contributed by atoms with Crippen molar-refractivity contribution in [3.8, 4) is 11.3 Å². The zero-order chi connectivity index (χ0) is 25.5. The number of carbonyl (C=O) groups is 1. The van der Waals surface area contributed by atoms with Crippen LogP contribution in [0.25, 0.3) is 11.3 Å². The molecule has 1 saturated heterocycles. The molecule has 1 fully saturated rings. The van der Waals surface area contributed by atoms with Crippen molar-refractivity contribution >= 4 is 21.7 Å². The maximum Gasteiger partial charge on any atom is 0.269 e. The molecule has 4 rings (SSSR count). The second-order valence-electron chi connectivity index (χ2n) is 9.38. The van der Waals surface area contributed by atoms with Crippen LogP contribution >= 0.6 is 0 Å². The van der Waals surface area contributed by atoms with Gasteiger partial charge in [-0.15, -0.1) is 0 Å². The Kier molecular flexibility index (Phi) is 6.27. The predicted molar refractivity (Wildman–Crippen MR) is 131 cm³/mol. The third-order valence-corrected chi connectivity index (χ3v) is 8.05. The van der Waals surface area contributed by atoms with E-state index in [1.54, 1.807) is 19.1 Å². The molecule has 1 unspecified atom stereocenters. The predicted octanol–water partition coefficient (Wildman–Crippen LogP) is 3.63. The van der Waals surface area contributed by atoms with E-state index < -0.39 is 32.2 Å². The quantitative estimate of drug-likeness (QED) is 0.556. The minimum absolute atomic E-state index is 0.0417. The number of carbonyl (C=O) groups excluding carboxylic acids is 1. The fourth-order valence-corrected chi connectivity index (χ4v) is 5.36. The van der Waals surface area contributed by atoms with Crippen molar-refractivity contribution < 1.29 is 17.6 Å². The Balaban J connectivity index is 1.81. The van der Waals surface area contributed by atoms with Crippen LogP contribution < -0.4 is 15.2 Å². The number of sulfonamides is 1. The highest BCUT2D eigenvalue weighted by molar-refractivity contribution is 7.90. The molecule has 0 saturated carbocycles. The van der Waals surface area contributed by atoms with E-state index in [4.69, 9.17) is 4.98 Å². The molecule has 184 valence electrons. The van der Waals surface area contributed by atoms with Gasteiger partial charge in [0.15, 0.2) is 4.90 Å². The van der Waals surface area contributed by atoms with Gasteiger partial charge in [0.05, 0.1) is 11.3 Å². The molecule has 1 aromatic carbocycles. The van der Waals surface area contributed by atoms with Crippen molar-refractivity contribution in [2.45, 2.75) is 44.6 Å². The molecular weight excluding hydrogens is 471 g/mol. The maximum absolute atomic E-state index is 14.1. The van der Waals surface area contributed by atoms with E-state index >= 15 is 0 Å². The number of aromatic amines is 1. The molecule has 1 atom stereocenters. The van der Waals surface area contributed by atoms with E-state index in [-0.39, 0.29) is 17.0 Å². The Bertz CT molecular complexity index is 1450. The largest absolute Gasteiger partial charge is 0.351 e. The fraction of sp³-hybridized carbons (Fsp3) is 0.320. The summed E-state index contributed by atoms with van der Waals surface area (Å²) < 4.78 is 41.6. The highest BCUT2D eigenvalue weighted by Crippen LogP contribution is 2.39. The summed E-state index contributed by atoms with van der Waals surface area (Å²) >= 11 is 0. The first-order valence-electron chi connectivity index (χ1n) is 11.2. The smallest absolute Gasteiger partial charge is 0.269 e. The zero-order valence-electron chi connectivity index (χ0n) is 19.9. The van der Waals surface area contributed by atoms with Gasteiger partial charge in [0.2, 0.25) is 0 Å². The molecule has 8 nitrogen and oxygen atoms in total. The van der Waals surface area contributed by atoms with Crippen molar-refractivity contribution in [1.29, 1.82) is 0 Å². The number of hydrogen-bond donors (Lipinski definition) is 2. The minimum Gasteiger partial charge on any atom is -0.351 e. The number of amides is 1. The maximum atomic E-state index is 14.1. The van der Waals surface area contributed by atoms with Gasteiger partial charge in [-0.3, -0.25) is 9.59 Å². The van der Waals surface area contributed by atoms with E-state index in [0.717, 1.165) is 18.1 Å². The molecule has 0 radical (unpaired) electrons. The van der Waals surface area contributed by atoms with Crippen molar-refractivity contribution in [3.05, 3.63) is 76.0 Å². The Hall–Kier alpha value is -3.53. The molecule has 2 aromatic heterocycles. The molecule has 10 heteroatoms. The van der Waals surface area contributed by atoms with Gasteiger partial charge in [-0.25, -0.2) is 22.5 Å². The number of H-pyrrole nitrogens is 1. The Morgan fingerprint density at radius 3 is 2.60 bits per heavy atom. The molecular formula is C25H27FN4O4S. The van der Waals surface area contributed by atoms with Crippen LogP contribution in [0.4, 0.5) is 10.2 Å². The van der Waals surface area contributed by atoms with E-state index in [9.17, 15) is 22.4 Å². The van der Waals surface area contributed by atoms with Gasteiger partial charge in [-0.2, -0.15) is 0 Å². The number of pyridine rings is 2. The highest BCUT2D eigenvalue weighted by Gasteiger charge is 2.41. The number of halogens is 1. The summed E-state index contributed by atoms with van der Waals surface area (Å²) in [6, 6.07) is 10.1. The number of anilines is 1. The Morgan fingerprint density at radius 2 is 1.97 bits per heavy atom. The molecule has 0 bridgehead atoms. The van der Waals surface area contributed by atoms with Gasteiger partial charge in [0.1, 0.15) is 11.6 Å². The molecule has 35 heavy (non-hydrogen) atoms. The summed E-state index contributed by atoms with van der Waals surface area (Å²) in [4.78, 5) is 33.7. The molecule has 1 aliphatic rings. The first-order valence-corrected chi connectivity index (χ1v) is 12.7. The summed E-state index contributed by atoms with van der Waals surface area (Å²) in [6.07, 6.45) is 2.16. The SMILES string of the molecule is Cc1cc(F)cc(-c2ccc(C(=O)NS(=O)(=O)c3ccc[nH]c3=O)c(N3CCC(C)C3(C)C)n2)c1. The number of aromatic nitrogens is 2. The summed E-state index contributed by atoms with van der Waals surface area (Å²) in [7, 11) is -4.43. The van der Waals surface area contributed by atoms with E-state index in [2.05, 4.69) is 11.9 Å². The Morgan fingerprint density at radius 1 is 1.23 bits per heavy atom. The van der Waals surface area contributed by atoms with Crippen molar-refractivity contribution in [2.75, 3.05) is 11.4 Å². The van der Waals surface area contributed by atoms with Crippen LogP contribution in [-0.4, -0.2) is 36.4 Å². The highest BCUT2D eigenvalue weighted by atomic mass is 32.2. The van der Waals surface area contributed by atoms with Gasteiger partial charge >= 0.3 is 0 Å². The van der Waals surface area contributed by atoms with Gasteiger partial charge in [0, 0.05) is 23.8 Å². The van der Waals surface area contributed by atoms with Gasteiger partial charge in [-0.1, -0.05) is 6.92 Å². The lowest BCUT2D eigenvalue weighted by molar-refractivity contribution is 0.0981. The normalized spacial score (nSPS) is 17.4. The summed E-state index contributed by atoms with van der Waals surface area (Å²) in [5.74, 6) is -0.729. The number of benzene rings is 1.